The predicted molar refractivity (Wildman–Crippen MR) is 67.5 cm³/mol. The normalized spacial score (nSPS) is 12.2. The molecule has 0 aliphatic heterocycles. The minimum Gasteiger partial charge on any atom is -0.178 e. The second-order valence-electron chi connectivity index (χ2n) is 4.20. The van der Waals surface area contributed by atoms with Crippen molar-refractivity contribution < 1.29 is 13.2 Å². The highest BCUT2D eigenvalue weighted by Crippen LogP contribution is 2.29. The Labute approximate surface area is 115 Å². The number of hydrogen-bond acceptors (Lipinski definition) is 4. The van der Waals surface area contributed by atoms with E-state index in [-0.39, 0.29) is 4.96 Å². The SMILES string of the molecule is FC(F)(F)c1nnc2sc(CCc3ccccc3)nn12. The maximum atomic E-state index is 12.7. The molecule has 0 saturated carbocycles. The summed E-state index contributed by atoms with van der Waals surface area (Å²) < 4.78 is 38.7. The smallest absolute Gasteiger partial charge is 0.178 e. The second-order valence-corrected chi connectivity index (χ2v) is 5.24. The van der Waals surface area contributed by atoms with Crippen LogP contribution in [0.15, 0.2) is 30.3 Å². The van der Waals surface area contributed by atoms with Crippen molar-refractivity contribution in [1.29, 1.82) is 0 Å². The lowest BCUT2D eigenvalue weighted by atomic mass is 10.1. The zero-order valence-electron chi connectivity index (χ0n) is 10.1. The Morgan fingerprint density at radius 1 is 1.05 bits per heavy atom. The minimum absolute atomic E-state index is 0.167. The largest absolute Gasteiger partial charge is 0.453 e. The molecule has 0 spiro atoms. The van der Waals surface area contributed by atoms with Crippen LogP contribution in [0.3, 0.4) is 0 Å². The molecule has 0 atom stereocenters. The van der Waals surface area contributed by atoms with Gasteiger partial charge in [0.25, 0.3) is 5.82 Å². The summed E-state index contributed by atoms with van der Waals surface area (Å²) in [6.07, 6.45) is -3.23. The van der Waals surface area contributed by atoms with Crippen molar-refractivity contribution >= 4 is 16.3 Å². The van der Waals surface area contributed by atoms with E-state index >= 15 is 0 Å². The molecule has 3 rings (SSSR count). The molecule has 0 aliphatic carbocycles. The number of aromatic nitrogens is 4. The molecular weight excluding hydrogens is 289 g/mol. The lowest BCUT2D eigenvalue weighted by Gasteiger charge is -2.00. The first-order valence-corrected chi connectivity index (χ1v) is 6.68. The van der Waals surface area contributed by atoms with Gasteiger partial charge in [0.1, 0.15) is 5.01 Å². The molecule has 2 aromatic heterocycles. The Kier molecular flexibility index (Phi) is 3.17. The van der Waals surface area contributed by atoms with Gasteiger partial charge in [-0.25, -0.2) is 0 Å². The summed E-state index contributed by atoms with van der Waals surface area (Å²) in [4.78, 5) is 0.167. The van der Waals surface area contributed by atoms with E-state index < -0.39 is 12.0 Å². The van der Waals surface area contributed by atoms with Gasteiger partial charge in [-0.3, -0.25) is 0 Å². The zero-order chi connectivity index (χ0) is 14.2. The summed E-state index contributed by atoms with van der Waals surface area (Å²) in [7, 11) is 0. The molecule has 0 saturated heterocycles. The van der Waals surface area contributed by atoms with Crippen LogP contribution < -0.4 is 0 Å². The molecule has 0 radical (unpaired) electrons. The maximum Gasteiger partial charge on any atom is 0.453 e. The van der Waals surface area contributed by atoms with Crippen LogP contribution in [0.25, 0.3) is 4.96 Å². The molecule has 3 aromatic rings. The van der Waals surface area contributed by atoms with Crippen LogP contribution in [0.4, 0.5) is 13.2 Å². The molecule has 1 aromatic carbocycles. The van der Waals surface area contributed by atoms with Crippen LogP contribution >= 0.6 is 11.3 Å². The van der Waals surface area contributed by atoms with E-state index in [2.05, 4.69) is 15.3 Å². The van der Waals surface area contributed by atoms with E-state index in [0.717, 1.165) is 27.8 Å². The number of benzene rings is 1. The monoisotopic (exact) mass is 298 g/mol. The van der Waals surface area contributed by atoms with Gasteiger partial charge < -0.3 is 0 Å². The Balaban J connectivity index is 1.82. The van der Waals surface area contributed by atoms with Crippen molar-refractivity contribution in [1.82, 2.24) is 19.8 Å². The van der Waals surface area contributed by atoms with Crippen molar-refractivity contribution in [2.75, 3.05) is 0 Å². The van der Waals surface area contributed by atoms with Crippen LogP contribution in [0.5, 0.6) is 0 Å². The average Bonchev–Trinajstić information content (AvgIpc) is 2.95. The van der Waals surface area contributed by atoms with Crippen molar-refractivity contribution in [3.05, 3.63) is 46.7 Å². The van der Waals surface area contributed by atoms with Gasteiger partial charge in [-0.2, -0.15) is 22.8 Å². The fourth-order valence-electron chi connectivity index (χ4n) is 1.83. The molecule has 20 heavy (non-hydrogen) atoms. The maximum absolute atomic E-state index is 12.7. The van der Waals surface area contributed by atoms with Gasteiger partial charge in [0.05, 0.1) is 0 Å². The molecule has 0 aliphatic rings. The first kappa shape index (κ1) is 13.0. The lowest BCUT2D eigenvalue weighted by Crippen LogP contribution is -2.11. The summed E-state index contributed by atoms with van der Waals surface area (Å²) >= 11 is 1.13. The standard InChI is InChI=1S/C12H9F3N4S/c13-12(14,15)10-16-17-11-19(10)18-9(20-11)7-6-8-4-2-1-3-5-8/h1-5H,6-7H2. The summed E-state index contributed by atoms with van der Waals surface area (Å²) in [5.41, 5.74) is 1.12. The van der Waals surface area contributed by atoms with Crippen LogP contribution in [0.1, 0.15) is 16.4 Å². The second kappa shape index (κ2) is 4.86. The number of nitrogens with zero attached hydrogens (tertiary/aromatic N) is 4. The van der Waals surface area contributed by atoms with Crippen molar-refractivity contribution in [2.45, 2.75) is 19.0 Å². The summed E-state index contributed by atoms with van der Waals surface area (Å²) in [6, 6.07) is 9.72. The van der Waals surface area contributed by atoms with E-state index in [0.29, 0.717) is 11.4 Å². The van der Waals surface area contributed by atoms with Gasteiger partial charge in [-0.15, -0.1) is 10.2 Å². The first-order chi connectivity index (χ1) is 9.54. The Bertz CT molecular complexity index is 717. The van der Waals surface area contributed by atoms with Crippen LogP contribution in [-0.2, 0) is 19.0 Å². The summed E-state index contributed by atoms with van der Waals surface area (Å²) in [6.45, 7) is 0. The molecule has 4 nitrogen and oxygen atoms in total. The Morgan fingerprint density at radius 2 is 1.80 bits per heavy atom. The highest BCUT2D eigenvalue weighted by atomic mass is 32.1. The fraction of sp³-hybridized carbons (Fsp3) is 0.250. The van der Waals surface area contributed by atoms with Gasteiger partial charge in [-0.1, -0.05) is 41.7 Å². The third kappa shape index (κ3) is 2.51. The molecule has 0 unspecified atom stereocenters. The summed E-state index contributed by atoms with van der Waals surface area (Å²) in [5.74, 6) is -1.07. The zero-order valence-corrected chi connectivity index (χ0v) is 10.9. The van der Waals surface area contributed by atoms with Gasteiger partial charge in [0.15, 0.2) is 0 Å². The van der Waals surface area contributed by atoms with Crippen molar-refractivity contribution in [3.8, 4) is 0 Å². The number of fused-ring (bicyclic) bond motifs is 1. The average molecular weight is 298 g/mol. The van der Waals surface area contributed by atoms with Crippen LogP contribution in [-0.4, -0.2) is 19.8 Å². The van der Waals surface area contributed by atoms with E-state index in [1.54, 1.807) is 0 Å². The first-order valence-electron chi connectivity index (χ1n) is 5.86. The van der Waals surface area contributed by atoms with Crippen molar-refractivity contribution in [3.63, 3.8) is 0 Å². The minimum atomic E-state index is -4.54. The number of halogens is 3. The van der Waals surface area contributed by atoms with Gasteiger partial charge in [0.2, 0.25) is 4.96 Å². The Hall–Kier alpha value is -1.96. The van der Waals surface area contributed by atoms with Gasteiger partial charge in [-0.05, 0) is 12.0 Å². The van der Waals surface area contributed by atoms with E-state index in [9.17, 15) is 13.2 Å². The molecule has 2 heterocycles. The van der Waals surface area contributed by atoms with Crippen LogP contribution in [0, 0.1) is 0 Å². The molecule has 104 valence electrons. The lowest BCUT2D eigenvalue weighted by molar-refractivity contribution is -0.146. The van der Waals surface area contributed by atoms with E-state index in [1.165, 1.54) is 0 Å². The molecule has 0 bridgehead atoms. The van der Waals surface area contributed by atoms with Gasteiger partial charge >= 0.3 is 6.18 Å². The molecule has 0 N–H and O–H groups in total. The number of aryl methyl sites for hydroxylation is 2. The van der Waals surface area contributed by atoms with E-state index in [1.807, 2.05) is 30.3 Å². The highest BCUT2D eigenvalue weighted by Gasteiger charge is 2.38. The molecule has 0 amide bonds. The third-order valence-corrected chi connectivity index (χ3v) is 3.72. The summed E-state index contributed by atoms with van der Waals surface area (Å²) in [5, 5.41) is 11.2. The third-order valence-electron chi connectivity index (χ3n) is 2.76. The fourth-order valence-corrected chi connectivity index (χ4v) is 2.66. The van der Waals surface area contributed by atoms with Crippen molar-refractivity contribution in [2.24, 2.45) is 0 Å². The van der Waals surface area contributed by atoms with E-state index in [4.69, 9.17) is 0 Å². The topological polar surface area (TPSA) is 43.1 Å². The van der Waals surface area contributed by atoms with Crippen LogP contribution in [0.2, 0.25) is 0 Å². The number of alkyl halides is 3. The number of rotatable bonds is 3. The quantitative estimate of drug-likeness (QED) is 0.746. The van der Waals surface area contributed by atoms with Gasteiger partial charge in [0, 0.05) is 6.42 Å². The highest BCUT2D eigenvalue weighted by molar-refractivity contribution is 7.16. The molecular formula is C12H9F3N4S. The predicted octanol–water partition coefficient (Wildman–Crippen LogP) is 2.99. The number of hydrogen-bond donors (Lipinski definition) is 0. The molecule has 8 heteroatoms. The Morgan fingerprint density at radius 3 is 2.50 bits per heavy atom. The molecule has 0 fully saturated rings.